The van der Waals surface area contributed by atoms with E-state index in [1.165, 1.54) is 24.0 Å². The van der Waals surface area contributed by atoms with Gasteiger partial charge in [0.25, 0.3) is 0 Å². The zero-order valence-corrected chi connectivity index (χ0v) is 17.2. The van der Waals surface area contributed by atoms with Crippen LogP contribution in [0.2, 0.25) is 0 Å². The van der Waals surface area contributed by atoms with Crippen molar-refractivity contribution in [2.24, 2.45) is 5.92 Å². The summed E-state index contributed by atoms with van der Waals surface area (Å²) >= 11 is 0. The van der Waals surface area contributed by atoms with Crippen molar-refractivity contribution in [2.75, 3.05) is 45.8 Å². The first-order chi connectivity index (χ1) is 13.6. The molecule has 154 valence electrons. The molecule has 2 fully saturated rings. The Labute approximate surface area is 168 Å². The number of piperidine rings is 1. The van der Waals surface area contributed by atoms with Crippen molar-refractivity contribution in [3.63, 3.8) is 0 Å². The van der Waals surface area contributed by atoms with Gasteiger partial charge < -0.3 is 20.4 Å². The van der Waals surface area contributed by atoms with E-state index in [1.807, 2.05) is 11.8 Å². The van der Waals surface area contributed by atoms with Gasteiger partial charge in [0.05, 0.1) is 5.92 Å². The molecule has 3 rings (SSSR count). The number of hydrogen-bond donors (Lipinski definition) is 2. The molecule has 2 aliphatic rings. The number of urea groups is 1. The van der Waals surface area contributed by atoms with E-state index in [4.69, 9.17) is 0 Å². The third kappa shape index (κ3) is 5.47. The van der Waals surface area contributed by atoms with Gasteiger partial charge in [0.15, 0.2) is 0 Å². The van der Waals surface area contributed by atoms with Crippen molar-refractivity contribution in [1.29, 1.82) is 0 Å². The molecule has 2 heterocycles. The number of amides is 3. The van der Waals surface area contributed by atoms with Gasteiger partial charge in [-0.15, -0.1) is 0 Å². The van der Waals surface area contributed by atoms with Crippen LogP contribution in [0.3, 0.4) is 0 Å². The first kappa shape index (κ1) is 20.6. The highest BCUT2D eigenvalue weighted by atomic mass is 16.2. The monoisotopic (exact) mass is 386 g/mol. The number of hydrogen-bond acceptors (Lipinski definition) is 3. The van der Waals surface area contributed by atoms with Gasteiger partial charge >= 0.3 is 6.03 Å². The summed E-state index contributed by atoms with van der Waals surface area (Å²) in [7, 11) is 0. The van der Waals surface area contributed by atoms with Crippen LogP contribution >= 0.6 is 0 Å². The fourth-order valence-electron chi connectivity index (χ4n) is 4.37. The van der Waals surface area contributed by atoms with Crippen LogP contribution < -0.4 is 10.6 Å². The highest BCUT2D eigenvalue weighted by Gasteiger charge is 2.34. The van der Waals surface area contributed by atoms with Crippen molar-refractivity contribution >= 4 is 11.9 Å². The van der Waals surface area contributed by atoms with Gasteiger partial charge in [-0.3, -0.25) is 4.79 Å². The van der Waals surface area contributed by atoms with Gasteiger partial charge in [-0.1, -0.05) is 29.8 Å². The summed E-state index contributed by atoms with van der Waals surface area (Å²) in [6.45, 7) is 9.62. The molecule has 0 spiro atoms. The molecular formula is C22H34N4O2. The van der Waals surface area contributed by atoms with Crippen LogP contribution in [0, 0.1) is 12.8 Å². The van der Waals surface area contributed by atoms with Crippen molar-refractivity contribution < 1.29 is 9.59 Å². The summed E-state index contributed by atoms with van der Waals surface area (Å²) in [6.07, 6.45) is 3.31. The Morgan fingerprint density at radius 2 is 1.93 bits per heavy atom. The molecule has 6 heteroatoms. The van der Waals surface area contributed by atoms with Crippen LogP contribution in [-0.4, -0.2) is 67.6 Å². The Morgan fingerprint density at radius 3 is 2.64 bits per heavy atom. The minimum Gasteiger partial charge on any atom is -0.355 e. The van der Waals surface area contributed by atoms with E-state index < -0.39 is 0 Å². The van der Waals surface area contributed by atoms with E-state index in [0.29, 0.717) is 26.2 Å². The highest BCUT2D eigenvalue weighted by Crippen LogP contribution is 2.31. The minimum atomic E-state index is -0.166. The molecule has 2 N–H and O–H groups in total. The maximum absolute atomic E-state index is 12.9. The first-order valence-electron chi connectivity index (χ1n) is 10.7. The average Bonchev–Trinajstić information content (AvgIpc) is 3.21. The smallest absolute Gasteiger partial charge is 0.317 e. The van der Waals surface area contributed by atoms with E-state index in [9.17, 15) is 9.59 Å². The summed E-state index contributed by atoms with van der Waals surface area (Å²) in [4.78, 5) is 29.5. The molecule has 0 unspecified atom stereocenters. The number of carbonyl (C=O) groups excluding carboxylic acids is 2. The Kier molecular flexibility index (Phi) is 7.31. The molecule has 6 nitrogen and oxygen atoms in total. The lowest BCUT2D eigenvalue weighted by molar-refractivity contribution is -0.126. The number of benzene rings is 1. The van der Waals surface area contributed by atoms with E-state index in [2.05, 4.69) is 46.7 Å². The molecule has 2 atom stereocenters. The van der Waals surface area contributed by atoms with Crippen LogP contribution in [0.5, 0.6) is 0 Å². The molecule has 2 saturated heterocycles. The van der Waals surface area contributed by atoms with E-state index in [-0.39, 0.29) is 23.8 Å². The SMILES string of the molecule is CCNC(=O)N1C[C@H](C(=O)NCCN2CCCC2)C[C@H](c2cccc(C)c2)C1. The number of rotatable bonds is 6. The van der Waals surface area contributed by atoms with Gasteiger partial charge in [-0.2, -0.15) is 0 Å². The van der Waals surface area contributed by atoms with Crippen molar-refractivity contribution in [3.05, 3.63) is 35.4 Å². The molecule has 0 saturated carbocycles. The predicted octanol–water partition coefficient (Wildman–Crippen LogP) is 2.34. The second-order valence-corrected chi connectivity index (χ2v) is 8.12. The normalized spacial score (nSPS) is 22.9. The lowest BCUT2D eigenvalue weighted by Gasteiger charge is -2.37. The number of aryl methyl sites for hydroxylation is 1. The Balaban J connectivity index is 1.64. The van der Waals surface area contributed by atoms with E-state index in [0.717, 1.165) is 26.1 Å². The molecule has 0 aromatic heterocycles. The number of likely N-dealkylation sites (tertiary alicyclic amines) is 2. The summed E-state index contributed by atoms with van der Waals surface area (Å²) in [5, 5.41) is 6.00. The molecule has 3 amide bonds. The molecule has 0 bridgehead atoms. The molecule has 1 aromatic carbocycles. The molecule has 2 aliphatic heterocycles. The van der Waals surface area contributed by atoms with Gasteiger partial charge in [0, 0.05) is 38.6 Å². The van der Waals surface area contributed by atoms with Gasteiger partial charge in [-0.05, 0) is 51.8 Å². The maximum Gasteiger partial charge on any atom is 0.317 e. The minimum absolute atomic E-state index is 0.0743. The summed E-state index contributed by atoms with van der Waals surface area (Å²) < 4.78 is 0. The molecule has 1 aromatic rings. The average molecular weight is 387 g/mol. The largest absolute Gasteiger partial charge is 0.355 e. The molecule has 0 radical (unpaired) electrons. The molecule has 0 aliphatic carbocycles. The van der Waals surface area contributed by atoms with E-state index >= 15 is 0 Å². The van der Waals surface area contributed by atoms with Gasteiger partial charge in [-0.25, -0.2) is 4.79 Å². The van der Waals surface area contributed by atoms with Gasteiger partial charge in [0.1, 0.15) is 0 Å². The first-order valence-corrected chi connectivity index (χ1v) is 10.7. The van der Waals surface area contributed by atoms with E-state index in [1.54, 1.807) is 0 Å². The Morgan fingerprint density at radius 1 is 1.14 bits per heavy atom. The summed E-state index contributed by atoms with van der Waals surface area (Å²) in [6, 6.07) is 8.35. The second-order valence-electron chi connectivity index (χ2n) is 8.12. The van der Waals surface area contributed by atoms with Crippen molar-refractivity contribution in [3.8, 4) is 0 Å². The van der Waals surface area contributed by atoms with Gasteiger partial charge in [0.2, 0.25) is 5.91 Å². The zero-order chi connectivity index (χ0) is 19.9. The van der Waals surface area contributed by atoms with Crippen molar-refractivity contribution in [1.82, 2.24) is 20.4 Å². The number of nitrogens with one attached hydrogen (secondary N) is 2. The molecule has 28 heavy (non-hydrogen) atoms. The number of nitrogens with zero attached hydrogens (tertiary/aromatic N) is 2. The zero-order valence-electron chi connectivity index (χ0n) is 17.2. The highest BCUT2D eigenvalue weighted by molar-refractivity contribution is 5.81. The second kappa shape index (κ2) is 9.92. The summed E-state index contributed by atoms with van der Waals surface area (Å²) in [5.74, 6) is 0.0943. The summed E-state index contributed by atoms with van der Waals surface area (Å²) in [5.41, 5.74) is 2.42. The predicted molar refractivity (Wildman–Crippen MR) is 111 cm³/mol. The van der Waals surface area contributed by atoms with Crippen LogP contribution in [0.1, 0.15) is 43.2 Å². The number of carbonyl (C=O) groups is 2. The lowest BCUT2D eigenvalue weighted by Crippen LogP contribution is -2.51. The van der Waals surface area contributed by atoms with Crippen LogP contribution in [-0.2, 0) is 4.79 Å². The maximum atomic E-state index is 12.9. The standard InChI is InChI=1S/C22H34N4O2/c1-3-23-22(28)26-15-19(18-8-6-7-17(2)13-18)14-20(16-26)21(27)24-9-12-25-10-4-5-11-25/h6-8,13,19-20H,3-5,9-12,14-16H2,1-2H3,(H,23,28)(H,24,27)/t19-,20+/m0/s1. The third-order valence-electron chi connectivity index (χ3n) is 5.88. The fraction of sp³-hybridized carbons (Fsp3) is 0.636. The van der Waals surface area contributed by atoms with Crippen molar-refractivity contribution in [2.45, 2.75) is 39.0 Å². The fourth-order valence-corrected chi connectivity index (χ4v) is 4.37. The van der Waals surface area contributed by atoms with Crippen LogP contribution in [0.4, 0.5) is 4.79 Å². The Bertz CT molecular complexity index is 672. The third-order valence-corrected chi connectivity index (χ3v) is 5.88. The molecular weight excluding hydrogens is 352 g/mol. The lowest BCUT2D eigenvalue weighted by atomic mass is 9.83. The van der Waals surface area contributed by atoms with Crippen LogP contribution in [0.25, 0.3) is 0 Å². The quantitative estimate of drug-likeness (QED) is 0.789. The Hall–Kier alpha value is -2.08. The van der Waals surface area contributed by atoms with Crippen LogP contribution in [0.15, 0.2) is 24.3 Å². The topological polar surface area (TPSA) is 64.7 Å².